The highest BCUT2D eigenvalue weighted by Crippen LogP contribution is 2.43. The number of nitrogens with one attached hydrogen (secondary N) is 1. The molecular formula is C23H28F3N4O2P. The summed E-state index contributed by atoms with van der Waals surface area (Å²) in [5.41, 5.74) is -2.37. The van der Waals surface area contributed by atoms with Gasteiger partial charge in [0.2, 0.25) is 0 Å². The fourth-order valence-electron chi connectivity index (χ4n) is 3.46. The molecule has 2 heterocycles. The molecule has 178 valence electrons. The van der Waals surface area contributed by atoms with Crippen LogP contribution in [-0.2, 0) is 10.5 Å². The van der Waals surface area contributed by atoms with Gasteiger partial charge in [0.15, 0.2) is 0 Å². The van der Waals surface area contributed by atoms with Gasteiger partial charge in [-0.2, -0.15) is 8.78 Å². The van der Waals surface area contributed by atoms with Crippen molar-refractivity contribution in [3.05, 3.63) is 53.2 Å². The summed E-state index contributed by atoms with van der Waals surface area (Å²) in [6.45, 7) is 8.90. The van der Waals surface area contributed by atoms with E-state index in [0.29, 0.717) is 28.0 Å². The Morgan fingerprint density at radius 1 is 1.24 bits per heavy atom. The zero-order chi connectivity index (χ0) is 24.8. The predicted molar refractivity (Wildman–Crippen MR) is 124 cm³/mol. The van der Waals surface area contributed by atoms with Crippen LogP contribution in [0.4, 0.5) is 19.0 Å². The average Bonchev–Trinajstić information content (AvgIpc) is 2.72. The van der Waals surface area contributed by atoms with Crippen molar-refractivity contribution < 1.29 is 22.8 Å². The van der Waals surface area contributed by atoms with Gasteiger partial charge in [-0.3, -0.25) is 4.98 Å². The number of hydrogen-bond acceptors (Lipinski definition) is 6. The lowest BCUT2D eigenvalue weighted by Crippen LogP contribution is -2.43. The van der Waals surface area contributed by atoms with E-state index in [1.54, 1.807) is 33.2 Å². The van der Waals surface area contributed by atoms with Crippen LogP contribution in [-0.4, -0.2) is 39.0 Å². The Labute approximate surface area is 191 Å². The number of anilines is 1. The number of fused-ring (bicyclic) bond motifs is 1. The summed E-state index contributed by atoms with van der Waals surface area (Å²) in [6, 6.07) is 4.60. The Kier molecular flexibility index (Phi) is 6.61. The van der Waals surface area contributed by atoms with Gasteiger partial charge in [-0.15, -0.1) is 0 Å². The van der Waals surface area contributed by atoms with Crippen LogP contribution in [0.1, 0.15) is 50.2 Å². The molecule has 2 aromatic heterocycles. The van der Waals surface area contributed by atoms with Crippen LogP contribution in [0, 0.1) is 12.7 Å². The number of hydrogen-bond donors (Lipinski definition) is 2. The molecule has 0 saturated carbocycles. The maximum absolute atomic E-state index is 15.3. The molecule has 0 bridgehead atoms. The molecule has 0 aliphatic heterocycles. The molecular weight excluding hydrogens is 452 g/mol. The number of aryl methyl sites for hydroxylation is 1. The standard InChI is InChI=1S/C23H28F3N4O2P/c1-7-22(4,31)23(25,26)17-10-8-9-15(20(17)24)13(2)28-21-16-11-19(33(5,6)32)27-12-18(16)29-14(3)30-21/h8-13,31H,7H2,1-6H3,(H,28,29,30)/t13-,22-/m1/s1. The first kappa shape index (κ1) is 25.1. The lowest BCUT2D eigenvalue weighted by atomic mass is 9.87. The Hall–Kier alpha value is -2.51. The zero-order valence-electron chi connectivity index (χ0n) is 19.4. The molecule has 10 heteroatoms. The number of nitrogens with zero attached hydrogens (tertiary/aromatic N) is 3. The van der Waals surface area contributed by atoms with Gasteiger partial charge in [-0.1, -0.05) is 19.1 Å². The van der Waals surface area contributed by atoms with E-state index in [1.165, 1.54) is 25.3 Å². The van der Waals surface area contributed by atoms with Crippen LogP contribution in [0.2, 0.25) is 0 Å². The molecule has 0 radical (unpaired) electrons. The summed E-state index contributed by atoms with van der Waals surface area (Å²) in [5.74, 6) is -4.11. The van der Waals surface area contributed by atoms with E-state index in [2.05, 4.69) is 20.3 Å². The highest BCUT2D eigenvalue weighted by atomic mass is 31.2. The minimum atomic E-state index is -3.79. The number of alkyl halides is 2. The molecule has 3 rings (SSSR count). The molecule has 0 amide bonds. The van der Waals surface area contributed by atoms with E-state index in [-0.39, 0.29) is 12.0 Å². The average molecular weight is 480 g/mol. The first-order valence-electron chi connectivity index (χ1n) is 10.5. The Bertz CT molecular complexity index is 1240. The van der Waals surface area contributed by atoms with Gasteiger partial charge in [-0.25, -0.2) is 14.4 Å². The topological polar surface area (TPSA) is 88.0 Å². The highest BCUT2D eigenvalue weighted by molar-refractivity contribution is 7.69. The van der Waals surface area contributed by atoms with Gasteiger partial charge in [0.1, 0.15) is 35.6 Å². The van der Waals surface area contributed by atoms with E-state index < -0.39 is 36.1 Å². The third kappa shape index (κ3) is 4.75. The second kappa shape index (κ2) is 8.69. The third-order valence-electron chi connectivity index (χ3n) is 5.78. The maximum atomic E-state index is 15.3. The molecule has 0 saturated heterocycles. The number of aromatic nitrogens is 3. The van der Waals surface area contributed by atoms with Crippen LogP contribution < -0.4 is 10.8 Å². The lowest BCUT2D eigenvalue weighted by Gasteiger charge is -2.32. The minimum Gasteiger partial charge on any atom is -0.384 e. The summed E-state index contributed by atoms with van der Waals surface area (Å²) in [5, 5.41) is 13.8. The molecule has 0 aliphatic carbocycles. The summed E-state index contributed by atoms with van der Waals surface area (Å²) >= 11 is 0. The van der Waals surface area contributed by atoms with Crippen LogP contribution in [0.25, 0.3) is 10.9 Å². The predicted octanol–water partition coefficient (Wildman–Crippen LogP) is 5.15. The van der Waals surface area contributed by atoms with Gasteiger partial charge >= 0.3 is 5.92 Å². The van der Waals surface area contributed by atoms with E-state index in [0.717, 1.165) is 13.0 Å². The van der Waals surface area contributed by atoms with Crippen molar-refractivity contribution in [1.29, 1.82) is 0 Å². The van der Waals surface area contributed by atoms with E-state index in [9.17, 15) is 18.5 Å². The van der Waals surface area contributed by atoms with Crippen LogP contribution in [0.15, 0.2) is 30.5 Å². The molecule has 33 heavy (non-hydrogen) atoms. The van der Waals surface area contributed by atoms with Crippen molar-refractivity contribution in [2.24, 2.45) is 0 Å². The largest absolute Gasteiger partial charge is 0.384 e. The Balaban J connectivity index is 2.07. The second-order valence-electron chi connectivity index (χ2n) is 8.81. The van der Waals surface area contributed by atoms with Crippen LogP contribution >= 0.6 is 7.14 Å². The smallest absolute Gasteiger partial charge is 0.303 e. The first-order valence-corrected chi connectivity index (χ1v) is 13.1. The molecule has 2 atom stereocenters. The molecule has 3 aromatic rings. The maximum Gasteiger partial charge on any atom is 0.303 e. The van der Waals surface area contributed by atoms with Crippen molar-refractivity contribution in [2.75, 3.05) is 18.6 Å². The van der Waals surface area contributed by atoms with E-state index in [4.69, 9.17) is 0 Å². The highest BCUT2D eigenvalue weighted by Gasteiger charge is 2.51. The Morgan fingerprint density at radius 2 is 1.91 bits per heavy atom. The van der Waals surface area contributed by atoms with Gasteiger partial charge in [0.25, 0.3) is 0 Å². The van der Waals surface area contributed by atoms with Gasteiger partial charge in [-0.05, 0) is 52.7 Å². The Morgan fingerprint density at radius 3 is 2.52 bits per heavy atom. The minimum absolute atomic E-state index is 0.00516. The van der Waals surface area contributed by atoms with Gasteiger partial charge < -0.3 is 15.0 Å². The summed E-state index contributed by atoms with van der Waals surface area (Å²) < 4.78 is 57.6. The lowest BCUT2D eigenvalue weighted by molar-refractivity contribution is -0.181. The van der Waals surface area contributed by atoms with Gasteiger partial charge in [0.05, 0.1) is 23.3 Å². The summed E-state index contributed by atoms with van der Waals surface area (Å²) in [4.78, 5) is 13.0. The zero-order valence-corrected chi connectivity index (χ0v) is 20.3. The first-order chi connectivity index (χ1) is 15.2. The molecule has 6 nitrogen and oxygen atoms in total. The summed E-state index contributed by atoms with van der Waals surface area (Å²) in [7, 11) is -2.66. The number of rotatable bonds is 7. The van der Waals surface area contributed by atoms with E-state index in [1.807, 2.05) is 0 Å². The SMILES string of the molecule is CC[C@@](C)(O)C(F)(F)c1cccc([C@@H](C)Nc2nc(C)nc3cnc(P(C)(C)=O)cc23)c1F. The van der Waals surface area contributed by atoms with Crippen molar-refractivity contribution >= 4 is 29.3 Å². The number of halogens is 3. The third-order valence-corrected chi connectivity index (χ3v) is 7.13. The van der Waals surface area contributed by atoms with E-state index >= 15 is 4.39 Å². The number of aliphatic hydroxyl groups is 1. The molecule has 0 aliphatic rings. The van der Waals surface area contributed by atoms with Crippen LogP contribution in [0.5, 0.6) is 0 Å². The monoisotopic (exact) mass is 480 g/mol. The molecule has 0 unspecified atom stereocenters. The fraction of sp³-hybridized carbons (Fsp3) is 0.435. The van der Waals surface area contributed by atoms with Crippen LogP contribution in [0.3, 0.4) is 0 Å². The molecule has 1 aromatic carbocycles. The number of benzene rings is 1. The molecule has 0 spiro atoms. The van der Waals surface area contributed by atoms with Crippen molar-refractivity contribution in [3.8, 4) is 0 Å². The quantitative estimate of drug-likeness (QED) is 0.455. The second-order valence-corrected chi connectivity index (χ2v) is 12.0. The van der Waals surface area contributed by atoms with Crippen molar-refractivity contribution in [2.45, 2.75) is 51.7 Å². The molecule has 2 N–H and O–H groups in total. The fourth-order valence-corrected chi connectivity index (χ4v) is 4.24. The van der Waals surface area contributed by atoms with Crippen molar-refractivity contribution in [3.63, 3.8) is 0 Å². The molecule has 0 fully saturated rings. The van der Waals surface area contributed by atoms with Crippen molar-refractivity contribution in [1.82, 2.24) is 15.0 Å². The summed E-state index contributed by atoms with van der Waals surface area (Å²) in [6.07, 6.45) is 1.25. The number of pyridine rings is 1. The normalized spacial score (nSPS) is 15.3. The van der Waals surface area contributed by atoms with Gasteiger partial charge in [0, 0.05) is 10.9 Å².